The van der Waals surface area contributed by atoms with Gasteiger partial charge >= 0.3 is 0 Å². The summed E-state index contributed by atoms with van der Waals surface area (Å²) in [4.78, 5) is 12.2. The molecule has 1 N–H and O–H groups in total. The van der Waals surface area contributed by atoms with Crippen LogP contribution in [0.2, 0.25) is 0 Å². The molecule has 3 rings (SSSR count). The maximum absolute atomic E-state index is 12.2. The zero-order valence-corrected chi connectivity index (χ0v) is 12.2. The number of carbonyl (C=O) groups is 1. The van der Waals surface area contributed by atoms with Crippen LogP contribution in [0.15, 0.2) is 63.9 Å². The molecule has 0 aliphatic carbocycles. The van der Waals surface area contributed by atoms with Gasteiger partial charge in [0.1, 0.15) is 0 Å². The summed E-state index contributed by atoms with van der Waals surface area (Å²) in [5.41, 5.74) is 2.20. The molecule has 2 heterocycles. The number of amides is 1. The van der Waals surface area contributed by atoms with Crippen molar-refractivity contribution in [1.29, 1.82) is 0 Å². The minimum atomic E-state index is -0.248. The van der Waals surface area contributed by atoms with Gasteiger partial charge in [0.25, 0.3) is 5.91 Å². The Balaban J connectivity index is 1.64. The van der Waals surface area contributed by atoms with Gasteiger partial charge in [-0.15, -0.1) is 0 Å². The number of rotatable bonds is 5. The van der Waals surface area contributed by atoms with Gasteiger partial charge in [0.2, 0.25) is 0 Å². The second kappa shape index (κ2) is 6.30. The molecule has 0 saturated heterocycles. The third kappa shape index (κ3) is 3.25. The number of hydrogen-bond donors (Lipinski definition) is 1. The molecule has 1 aromatic carbocycles. The van der Waals surface area contributed by atoms with E-state index in [2.05, 4.69) is 10.5 Å². The second-order valence-corrected chi connectivity index (χ2v) is 5.15. The molecule has 0 saturated carbocycles. The number of aromatic nitrogens is 1. The van der Waals surface area contributed by atoms with Crippen molar-refractivity contribution in [2.75, 3.05) is 0 Å². The average Bonchev–Trinajstić information content (AvgIpc) is 3.19. The fourth-order valence-corrected chi connectivity index (χ4v) is 2.23. The Hall–Kier alpha value is -2.82. The lowest BCUT2D eigenvalue weighted by Gasteiger charge is -2.11. The lowest BCUT2D eigenvalue weighted by Crippen LogP contribution is -2.34. The number of hydrogen-bond acceptors (Lipinski definition) is 4. The summed E-state index contributed by atoms with van der Waals surface area (Å²) in [6, 6.07) is 13.1. The van der Waals surface area contributed by atoms with Gasteiger partial charge in [-0.1, -0.05) is 35.5 Å². The van der Waals surface area contributed by atoms with Crippen LogP contribution in [0.3, 0.4) is 0 Å². The lowest BCUT2D eigenvalue weighted by molar-refractivity contribution is 0.0931. The molecule has 0 aliphatic heterocycles. The van der Waals surface area contributed by atoms with Gasteiger partial charge in [-0.3, -0.25) is 4.79 Å². The standard InChI is InChI=1S/C17H16N2O3/c1-12(9-13-7-8-21-11-13)18-17(20)15-10-16(22-19-15)14-5-3-2-4-6-14/h2-8,10-12H,9H2,1H3,(H,18,20)/t12-/m1/s1. The largest absolute Gasteiger partial charge is 0.472 e. The van der Waals surface area contributed by atoms with E-state index in [9.17, 15) is 4.79 Å². The highest BCUT2D eigenvalue weighted by Gasteiger charge is 2.16. The van der Waals surface area contributed by atoms with Crippen LogP contribution in [0.5, 0.6) is 0 Å². The molecular weight excluding hydrogens is 280 g/mol. The normalized spacial score (nSPS) is 12.0. The zero-order chi connectivity index (χ0) is 15.4. The highest BCUT2D eigenvalue weighted by molar-refractivity contribution is 5.93. The van der Waals surface area contributed by atoms with Gasteiger partial charge in [0.15, 0.2) is 11.5 Å². The van der Waals surface area contributed by atoms with Gasteiger partial charge in [-0.2, -0.15) is 0 Å². The minimum Gasteiger partial charge on any atom is -0.472 e. The van der Waals surface area contributed by atoms with Gasteiger partial charge in [-0.25, -0.2) is 0 Å². The molecule has 0 spiro atoms. The molecule has 2 aromatic heterocycles. The van der Waals surface area contributed by atoms with E-state index in [4.69, 9.17) is 8.94 Å². The van der Waals surface area contributed by atoms with Crippen LogP contribution >= 0.6 is 0 Å². The molecule has 5 nitrogen and oxygen atoms in total. The molecule has 1 amide bonds. The quantitative estimate of drug-likeness (QED) is 0.784. The highest BCUT2D eigenvalue weighted by Crippen LogP contribution is 2.19. The number of furan rings is 1. The molecule has 0 bridgehead atoms. The molecule has 5 heteroatoms. The van der Waals surface area contributed by atoms with Gasteiger partial charge in [-0.05, 0) is 25.0 Å². The van der Waals surface area contributed by atoms with Crippen LogP contribution in [-0.2, 0) is 6.42 Å². The summed E-state index contributed by atoms with van der Waals surface area (Å²) in [7, 11) is 0. The third-order valence-electron chi connectivity index (χ3n) is 3.30. The monoisotopic (exact) mass is 296 g/mol. The average molecular weight is 296 g/mol. The van der Waals surface area contributed by atoms with E-state index in [1.165, 1.54) is 0 Å². The van der Waals surface area contributed by atoms with Crippen LogP contribution in [0.1, 0.15) is 23.0 Å². The molecule has 0 aliphatic rings. The first-order valence-corrected chi connectivity index (χ1v) is 7.06. The highest BCUT2D eigenvalue weighted by atomic mass is 16.5. The van der Waals surface area contributed by atoms with E-state index in [0.29, 0.717) is 12.2 Å². The van der Waals surface area contributed by atoms with Crippen LogP contribution in [-0.4, -0.2) is 17.1 Å². The molecule has 22 heavy (non-hydrogen) atoms. The fourth-order valence-electron chi connectivity index (χ4n) is 2.23. The van der Waals surface area contributed by atoms with E-state index in [1.54, 1.807) is 18.6 Å². The molecule has 0 radical (unpaired) electrons. The number of nitrogens with zero attached hydrogens (tertiary/aromatic N) is 1. The van der Waals surface area contributed by atoms with Crippen molar-refractivity contribution in [1.82, 2.24) is 10.5 Å². The van der Waals surface area contributed by atoms with Crippen molar-refractivity contribution < 1.29 is 13.7 Å². The predicted octanol–water partition coefficient (Wildman–Crippen LogP) is 3.30. The summed E-state index contributed by atoms with van der Waals surface area (Å²) in [6.45, 7) is 1.93. The molecule has 0 unspecified atom stereocenters. The predicted molar refractivity (Wildman–Crippen MR) is 81.3 cm³/mol. The molecular formula is C17H16N2O3. The van der Waals surface area contributed by atoms with Crippen molar-refractivity contribution in [2.45, 2.75) is 19.4 Å². The summed E-state index contributed by atoms with van der Waals surface area (Å²) in [6.07, 6.45) is 3.99. The number of benzene rings is 1. The summed E-state index contributed by atoms with van der Waals surface area (Å²) >= 11 is 0. The Labute approximate surface area is 127 Å². The summed E-state index contributed by atoms with van der Waals surface area (Å²) in [5.74, 6) is 0.329. The molecule has 3 aromatic rings. The van der Waals surface area contributed by atoms with Crippen LogP contribution in [0, 0.1) is 0 Å². The SMILES string of the molecule is C[C@H](Cc1ccoc1)NC(=O)c1cc(-c2ccccc2)on1. The van der Waals surface area contributed by atoms with Crippen molar-refractivity contribution in [3.05, 3.63) is 66.2 Å². The maximum atomic E-state index is 12.2. The Morgan fingerprint density at radius 2 is 2.09 bits per heavy atom. The molecule has 0 fully saturated rings. The zero-order valence-electron chi connectivity index (χ0n) is 12.2. The van der Waals surface area contributed by atoms with E-state index in [-0.39, 0.29) is 17.6 Å². The number of carbonyl (C=O) groups excluding carboxylic acids is 1. The fraction of sp³-hybridized carbons (Fsp3) is 0.176. The second-order valence-electron chi connectivity index (χ2n) is 5.15. The van der Waals surface area contributed by atoms with Gasteiger partial charge in [0, 0.05) is 17.7 Å². The first-order valence-electron chi connectivity index (χ1n) is 7.06. The van der Waals surface area contributed by atoms with E-state index < -0.39 is 0 Å². The smallest absolute Gasteiger partial charge is 0.273 e. The van der Waals surface area contributed by atoms with Crippen molar-refractivity contribution in [2.24, 2.45) is 0 Å². The number of nitrogens with one attached hydrogen (secondary N) is 1. The van der Waals surface area contributed by atoms with E-state index in [0.717, 1.165) is 11.1 Å². The molecule has 112 valence electrons. The Kier molecular flexibility index (Phi) is 4.05. The Morgan fingerprint density at radius 1 is 1.27 bits per heavy atom. The Bertz CT molecular complexity index is 732. The minimum absolute atomic E-state index is 0.0259. The topological polar surface area (TPSA) is 68.3 Å². The van der Waals surface area contributed by atoms with Gasteiger partial charge < -0.3 is 14.3 Å². The van der Waals surface area contributed by atoms with E-state index in [1.807, 2.05) is 43.3 Å². The summed E-state index contributed by atoms with van der Waals surface area (Å²) in [5, 5.41) is 6.73. The Morgan fingerprint density at radius 3 is 2.82 bits per heavy atom. The van der Waals surface area contributed by atoms with Crippen molar-refractivity contribution in [3.63, 3.8) is 0 Å². The maximum Gasteiger partial charge on any atom is 0.273 e. The van der Waals surface area contributed by atoms with Crippen LogP contribution in [0.25, 0.3) is 11.3 Å². The first kappa shape index (κ1) is 14.1. The van der Waals surface area contributed by atoms with E-state index >= 15 is 0 Å². The molecule has 1 atom stereocenters. The van der Waals surface area contributed by atoms with Crippen LogP contribution in [0.4, 0.5) is 0 Å². The lowest BCUT2D eigenvalue weighted by atomic mass is 10.1. The van der Waals surface area contributed by atoms with Gasteiger partial charge in [0.05, 0.1) is 12.5 Å². The van der Waals surface area contributed by atoms with Crippen molar-refractivity contribution in [3.8, 4) is 11.3 Å². The summed E-state index contributed by atoms with van der Waals surface area (Å²) < 4.78 is 10.3. The third-order valence-corrected chi connectivity index (χ3v) is 3.30. The van der Waals surface area contributed by atoms with Crippen LogP contribution < -0.4 is 5.32 Å². The van der Waals surface area contributed by atoms with Crippen molar-refractivity contribution >= 4 is 5.91 Å². The first-order chi connectivity index (χ1) is 10.7.